The largest absolute Gasteiger partial charge is 0.354 e. The van der Waals surface area contributed by atoms with Gasteiger partial charge in [-0.1, -0.05) is 80.1 Å². The molecular formula is C34H45N3O4S. The molecule has 1 N–H and O–H groups in total. The number of nitrogens with one attached hydrogen (secondary N) is 1. The van der Waals surface area contributed by atoms with E-state index in [1.165, 1.54) is 10.6 Å². The van der Waals surface area contributed by atoms with Gasteiger partial charge in [0.15, 0.2) is 0 Å². The number of carbonyl (C=O) groups excluding carboxylic acids is 2. The fourth-order valence-corrected chi connectivity index (χ4v) is 6.02. The first kappa shape index (κ1) is 32.9. The van der Waals surface area contributed by atoms with Crippen molar-refractivity contribution in [2.24, 2.45) is 0 Å². The van der Waals surface area contributed by atoms with Gasteiger partial charge in [-0.25, -0.2) is 8.42 Å². The van der Waals surface area contributed by atoms with Gasteiger partial charge in [0.2, 0.25) is 21.8 Å². The van der Waals surface area contributed by atoms with Crippen LogP contribution < -0.4 is 9.62 Å². The normalized spacial score (nSPS) is 12.0. The second kappa shape index (κ2) is 15.5. The SMILES string of the molecule is CCCCNC(=O)[C@@H](Cc1ccccc1)N(Cc1ccccc1C)C(=O)CCCN(c1cc(C)ccc1C)S(C)(=O)=O. The first-order valence-electron chi connectivity index (χ1n) is 14.7. The van der Waals surface area contributed by atoms with Crippen molar-refractivity contribution in [2.75, 3.05) is 23.7 Å². The van der Waals surface area contributed by atoms with Crippen LogP contribution in [-0.2, 0) is 32.6 Å². The number of aryl methyl sites for hydroxylation is 3. The first-order valence-corrected chi connectivity index (χ1v) is 16.6. The van der Waals surface area contributed by atoms with Gasteiger partial charge in [0, 0.05) is 32.5 Å². The van der Waals surface area contributed by atoms with Crippen LogP contribution in [0.3, 0.4) is 0 Å². The summed E-state index contributed by atoms with van der Waals surface area (Å²) in [5.41, 5.74) is 5.41. The van der Waals surface area contributed by atoms with Crippen molar-refractivity contribution in [3.8, 4) is 0 Å². The second-order valence-electron chi connectivity index (χ2n) is 11.0. The van der Waals surface area contributed by atoms with Crippen molar-refractivity contribution in [1.29, 1.82) is 0 Å². The van der Waals surface area contributed by atoms with Gasteiger partial charge in [0.1, 0.15) is 6.04 Å². The molecule has 0 radical (unpaired) electrons. The molecule has 0 saturated carbocycles. The van der Waals surface area contributed by atoms with Gasteiger partial charge in [-0.15, -0.1) is 0 Å². The van der Waals surface area contributed by atoms with Crippen LogP contribution in [0.4, 0.5) is 5.69 Å². The van der Waals surface area contributed by atoms with Crippen molar-refractivity contribution in [3.05, 3.63) is 101 Å². The second-order valence-corrected chi connectivity index (χ2v) is 12.9. The average Bonchev–Trinajstić information content (AvgIpc) is 2.95. The summed E-state index contributed by atoms with van der Waals surface area (Å²) in [5.74, 6) is -0.360. The fraction of sp³-hybridized carbons (Fsp3) is 0.412. The third-order valence-corrected chi connectivity index (χ3v) is 8.67. The third-order valence-electron chi connectivity index (χ3n) is 7.49. The molecule has 3 aromatic carbocycles. The first-order chi connectivity index (χ1) is 20.0. The zero-order valence-corrected chi connectivity index (χ0v) is 26.4. The van der Waals surface area contributed by atoms with E-state index >= 15 is 0 Å². The lowest BCUT2D eigenvalue weighted by atomic mass is 10.0. The van der Waals surface area contributed by atoms with Crippen LogP contribution in [0, 0.1) is 20.8 Å². The Balaban J connectivity index is 1.90. The molecule has 3 aromatic rings. The van der Waals surface area contributed by atoms with Crippen LogP contribution >= 0.6 is 0 Å². The minimum Gasteiger partial charge on any atom is -0.354 e. The van der Waals surface area contributed by atoms with Crippen molar-refractivity contribution in [2.45, 2.75) is 72.4 Å². The van der Waals surface area contributed by atoms with Crippen LogP contribution in [0.5, 0.6) is 0 Å². The number of benzene rings is 3. The van der Waals surface area contributed by atoms with Gasteiger partial charge in [0.05, 0.1) is 11.9 Å². The molecule has 0 aromatic heterocycles. The monoisotopic (exact) mass is 591 g/mol. The van der Waals surface area contributed by atoms with E-state index in [1.807, 2.05) is 93.6 Å². The lowest BCUT2D eigenvalue weighted by Crippen LogP contribution is -2.50. The van der Waals surface area contributed by atoms with Crippen molar-refractivity contribution < 1.29 is 18.0 Å². The quantitative estimate of drug-likeness (QED) is 0.229. The van der Waals surface area contributed by atoms with Crippen LogP contribution in [0.1, 0.15) is 60.4 Å². The zero-order valence-electron chi connectivity index (χ0n) is 25.6. The number of amides is 2. The van der Waals surface area contributed by atoms with E-state index in [4.69, 9.17) is 0 Å². The summed E-state index contributed by atoms with van der Waals surface area (Å²) in [4.78, 5) is 29.3. The number of sulfonamides is 1. The molecule has 0 aliphatic heterocycles. The Bertz CT molecular complexity index is 1440. The van der Waals surface area contributed by atoms with E-state index in [9.17, 15) is 18.0 Å². The highest BCUT2D eigenvalue weighted by molar-refractivity contribution is 7.92. The highest BCUT2D eigenvalue weighted by atomic mass is 32.2. The zero-order chi connectivity index (χ0) is 30.7. The topological polar surface area (TPSA) is 86.8 Å². The number of carbonyl (C=O) groups is 2. The van der Waals surface area contributed by atoms with Crippen LogP contribution in [-0.4, -0.2) is 50.5 Å². The number of nitrogens with zero attached hydrogens (tertiary/aromatic N) is 2. The van der Waals surface area contributed by atoms with Gasteiger partial charge >= 0.3 is 0 Å². The number of hydrogen-bond donors (Lipinski definition) is 1. The molecule has 3 rings (SSSR count). The Morgan fingerprint density at radius 1 is 0.881 bits per heavy atom. The molecule has 7 nitrogen and oxygen atoms in total. The molecule has 0 bridgehead atoms. The Labute approximate surface area is 252 Å². The van der Waals surface area contributed by atoms with Gasteiger partial charge in [-0.05, 0) is 67.5 Å². The van der Waals surface area contributed by atoms with E-state index in [0.717, 1.165) is 40.7 Å². The molecule has 2 amide bonds. The molecule has 0 unspecified atom stereocenters. The summed E-state index contributed by atoms with van der Waals surface area (Å²) in [6, 6.07) is 22.6. The van der Waals surface area contributed by atoms with Gasteiger partial charge in [-0.2, -0.15) is 0 Å². The Kier molecular flexibility index (Phi) is 12.2. The summed E-state index contributed by atoms with van der Waals surface area (Å²) >= 11 is 0. The maximum atomic E-state index is 14.0. The number of unbranched alkanes of at least 4 members (excludes halogenated alkanes) is 1. The average molecular weight is 592 g/mol. The minimum absolute atomic E-state index is 0.107. The molecule has 1 atom stereocenters. The van der Waals surface area contributed by atoms with Crippen molar-refractivity contribution >= 4 is 27.5 Å². The highest BCUT2D eigenvalue weighted by Crippen LogP contribution is 2.25. The number of rotatable bonds is 15. The summed E-state index contributed by atoms with van der Waals surface area (Å²) in [6.07, 6.45) is 3.81. The van der Waals surface area contributed by atoms with Gasteiger partial charge in [-0.3, -0.25) is 13.9 Å². The smallest absolute Gasteiger partial charge is 0.243 e. The van der Waals surface area contributed by atoms with E-state index in [1.54, 1.807) is 4.90 Å². The number of hydrogen-bond acceptors (Lipinski definition) is 4. The van der Waals surface area contributed by atoms with Crippen molar-refractivity contribution in [3.63, 3.8) is 0 Å². The highest BCUT2D eigenvalue weighted by Gasteiger charge is 2.30. The molecule has 0 fully saturated rings. The van der Waals surface area contributed by atoms with Gasteiger partial charge in [0.25, 0.3) is 0 Å². The summed E-state index contributed by atoms with van der Waals surface area (Å²) in [5, 5.41) is 3.05. The van der Waals surface area contributed by atoms with E-state index in [2.05, 4.69) is 12.2 Å². The van der Waals surface area contributed by atoms with Crippen molar-refractivity contribution in [1.82, 2.24) is 10.2 Å². The Hall–Kier alpha value is -3.65. The minimum atomic E-state index is -3.57. The lowest BCUT2D eigenvalue weighted by Gasteiger charge is -2.32. The van der Waals surface area contributed by atoms with Crippen LogP contribution in [0.25, 0.3) is 0 Å². The van der Waals surface area contributed by atoms with Crippen LogP contribution in [0.15, 0.2) is 72.8 Å². The summed E-state index contributed by atoms with van der Waals surface area (Å²) in [7, 11) is -3.57. The summed E-state index contributed by atoms with van der Waals surface area (Å²) in [6.45, 7) is 8.88. The fourth-order valence-electron chi connectivity index (χ4n) is 5.00. The molecule has 42 heavy (non-hydrogen) atoms. The van der Waals surface area contributed by atoms with E-state index in [-0.39, 0.29) is 31.3 Å². The standard InChI is InChI=1S/C34H45N3O4S/c1-6-7-21-35-34(39)32(24-29-15-9-8-10-16-29)36(25-30-17-12-11-14-27(30)3)33(38)18-13-22-37(42(5,40)41)31-23-26(2)19-20-28(31)4/h8-12,14-17,19-20,23,32H,6-7,13,18,21-22,24-25H2,1-5H3,(H,35,39)/t32-/m1/s1. The van der Waals surface area contributed by atoms with E-state index < -0.39 is 16.1 Å². The molecule has 0 spiro atoms. The lowest BCUT2D eigenvalue weighted by molar-refractivity contribution is -0.141. The summed E-state index contributed by atoms with van der Waals surface area (Å²) < 4.78 is 27.0. The van der Waals surface area contributed by atoms with E-state index in [0.29, 0.717) is 25.1 Å². The number of anilines is 1. The van der Waals surface area contributed by atoms with Crippen LogP contribution in [0.2, 0.25) is 0 Å². The molecule has 0 saturated heterocycles. The molecule has 0 aliphatic rings. The molecular weight excluding hydrogens is 546 g/mol. The van der Waals surface area contributed by atoms with Gasteiger partial charge < -0.3 is 10.2 Å². The predicted molar refractivity (Wildman–Crippen MR) is 171 cm³/mol. The maximum absolute atomic E-state index is 14.0. The molecule has 8 heteroatoms. The maximum Gasteiger partial charge on any atom is 0.243 e. The molecule has 0 heterocycles. The predicted octanol–water partition coefficient (Wildman–Crippen LogP) is 5.71. The Morgan fingerprint density at radius 2 is 1.57 bits per heavy atom. The molecule has 226 valence electrons. The Morgan fingerprint density at radius 3 is 2.24 bits per heavy atom. The third kappa shape index (κ3) is 9.44. The molecule has 0 aliphatic carbocycles.